The molecule has 2 aromatic rings. The van der Waals surface area contributed by atoms with Crippen molar-refractivity contribution >= 4 is 28.9 Å². The molecule has 2 aromatic carbocycles. The lowest BCUT2D eigenvalue weighted by Crippen LogP contribution is -2.56. The van der Waals surface area contributed by atoms with Crippen LogP contribution in [0.25, 0.3) is 0 Å². The molecule has 0 saturated carbocycles. The minimum absolute atomic E-state index is 0.0101. The second kappa shape index (κ2) is 7.15. The van der Waals surface area contributed by atoms with Gasteiger partial charge in [-0.05, 0) is 48.0 Å². The predicted octanol–water partition coefficient (Wildman–Crippen LogP) is 2.97. The van der Waals surface area contributed by atoms with Crippen molar-refractivity contribution < 1.29 is 13.9 Å². The number of amides is 1. The molecule has 2 aliphatic heterocycles. The van der Waals surface area contributed by atoms with Gasteiger partial charge in [0.25, 0.3) is 0 Å². The molecule has 4 rings (SSSR count). The van der Waals surface area contributed by atoms with Crippen LogP contribution in [0.3, 0.4) is 0 Å². The first-order valence-electron chi connectivity index (χ1n) is 8.83. The lowest BCUT2D eigenvalue weighted by atomic mass is 9.90. The molecule has 0 spiro atoms. The maximum absolute atomic E-state index is 14.2. The number of carbonyl (C=O) groups excluding carboxylic acids is 1. The molecule has 1 atom stereocenters. The number of methoxy groups -OCH3 is 1. The fourth-order valence-corrected chi connectivity index (χ4v) is 4.05. The van der Waals surface area contributed by atoms with Gasteiger partial charge in [-0.3, -0.25) is 4.79 Å². The number of hydrogen-bond acceptors (Lipinski definition) is 3. The van der Waals surface area contributed by atoms with Crippen molar-refractivity contribution in [3.8, 4) is 5.75 Å². The SMILES string of the molecule is COc1cccc(NC(=S)N2CC(=O)N3CCc4c(F)cccc4[C@H]3C2)c1. The Hall–Kier alpha value is -2.67. The van der Waals surface area contributed by atoms with E-state index in [2.05, 4.69) is 5.32 Å². The number of rotatable bonds is 2. The van der Waals surface area contributed by atoms with E-state index in [1.165, 1.54) is 6.07 Å². The molecule has 0 radical (unpaired) electrons. The van der Waals surface area contributed by atoms with Crippen LogP contribution in [0.15, 0.2) is 42.5 Å². The minimum atomic E-state index is -0.200. The molecule has 1 fully saturated rings. The van der Waals surface area contributed by atoms with Crippen LogP contribution in [0.2, 0.25) is 0 Å². The average Bonchev–Trinajstić information content (AvgIpc) is 2.68. The van der Waals surface area contributed by atoms with Crippen LogP contribution in [0.4, 0.5) is 10.1 Å². The van der Waals surface area contributed by atoms with Crippen molar-refractivity contribution in [3.63, 3.8) is 0 Å². The molecule has 140 valence electrons. The second-order valence-electron chi connectivity index (χ2n) is 6.70. The molecular formula is C20H20FN3O2S. The molecule has 27 heavy (non-hydrogen) atoms. The summed E-state index contributed by atoms with van der Waals surface area (Å²) in [5.41, 5.74) is 2.38. The normalized spacial score (nSPS) is 18.6. The van der Waals surface area contributed by atoms with Gasteiger partial charge >= 0.3 is 0 Å². The molecule has 0 aliphatic carbocycles. The molecule has 1 amide bonds. The van der Waals surface area contributed by atoms with Crippen molar-refractivity contribution in [2.45, 2.75) is 12.5 Å². The minimum Gasteiger partial charge on any atom is -0.497 e. The topological polar surface area (TPSA) is 44.8 Å². The number of ether oxygens (including phenoxy) is 1. The number of hydrogen-bond donors (Lipinski definition) is 1. The van der Waals surface area contributed by atoms with Crippen molar-refractivity contribution in [1.29, 1.82) is 0 Å². The van der Waals surface area contributed by atoms with Crippen LogP contribution in [0.5, 0.6) is 5.75 Å². The van der Waals surface area contributed by atoms with Crippen molar-refractivity contribution in [2.24, 2.45) is 0 Å². The monoisotopic (exact) mass is 385 g/mol. The Balaban J connectivity index is 1.55. The number of nitrogens with one attached hydrogen (secondary N) is 1. The highest BCUT2D eigenvalue weighted by Crippen LogP contribution is 2.34. The van der Waals surface area contributed by atoms with Crippen LogP contribution in [0, 0.1) is 5.82 Å². The lowest BCUT2D eigenvalue weighted by molar-refractivity contribution is -0.138. The Kier molecular flexibility index (Phi) is 4.70. The van der Waals surface area contributed by atoms with E-state index in [1.54, 1.807) is 13.2 Å². The fourth-order valence-electron chi connectivity index (χ4n) is 3.79. The van der Waals surface area contributed by atoms with Gasteiger partial charge in [0.2, 0.25) is 5.91 Å². The van der Waals surface area contributed by atoms with Crippen LogP contribution >= 0.6 is 12.2 Å². The van der Waals surface area contributed by atoms with E-state index in [1.807, 2.05) is 40.1 Å². The molecule has 0 unspecified atom stereocenters. The molecule has 1 N–H and O–H groups in total. The first-order chi connectivity index (χ1) is 13.1. The third-order valence-electron chi connectivity index (χ3n) is 5.14. The lowest BCUT2D eigenvalue weighted by Gasteiger charge is -2.45. The Bertz CT molecular complexity index is 905. The quantitative estimate of drug-likeness (QED) is 0.806. The highest BCUT2D eigenvalue weighted by Gasteiger charge is 2.38. The summed E-state index contributed by atoms with van der Waals surface area (Å²) in [7, 11) is 1.61. The molecule has 5 nitrogen and oxygen atoms in total. The Morgan fingerprint density at radius 2 is 2.11 bits per heavy atom. The van der Waals surface area contributed by atoms with Gasteiger partial charge in [-0.25, -0.2) is 4.39 Å². The van der Waals surface area contributed by atoms with E-state index in [0.29, 0.717) is 30.2 Å². The number of fused-ring (bicyclic) bond motifs is 3. The van der Waals surface area contributed by atoms with E-state index in [9.17, 15) is 9.18 Å². The van der Waals surface area contributed by atoms with Gasteiger partial charge in [0.1, 0.15) is 11.6 Å². The van der Waals surface area contributed by atoms with Gasteiger partial charge < -0.3 is 19.9 Å². The van der Waals surface area contributed by atoms with Crippen LogP contribution in [0.1, 0.15) is 17.2 Å². The Morgan fingerprint density at radius 1 is 1.30 bits per heavy atom. The number of anilines is 1. The first-order valence-corrected chi connectivity index (χ1v) is 9.24. The molecule has 2 heterocycles. The average molecular weight is 385 g/mol. The molecule has 1 saturated heterocycles. The molecular weight excluding hydrogens is 365 g/mol. The van der Waals surface area contributed by atoms with Crippen LogP contribution < -0.4 is 10.1 Å². The standard InChI is InChI=1S/C20H20FN3O2S/c1-26-14-5-2-4-13(10-14)22-20(27)23-11-18-16-6-3-7-17(21)15(16)8-9-24(18)19(25)12-23/h2-7,10,18H,8-9,11-12H2,1H3,(H,22,27)/t18-/m1/s1. The predicted molar refractivity (Wildman–Crippen MR) is 105 cm³/mol. The summed E-state index contributed by atoms with van der Waals surface area (Å²) in [6, 6.07) is 12.4. The van der Waals surface area contributed by atoms with Gasteiger partial charge in [-0.1, -0.05) is 18.2 Å². The summed E-state index contributed by atoms with van der Waals surface area (Å²) in [6.45, 7) is 1.30. The third-order valence-corrected chi connectivity index (χ3v) is 5.50. The van der Waals surface area contributed by atoms with Gasteiger partial charge in [-0.2, -0.15) is 0 Å². The number of carbonyl (C=O) groups is 1. The maximum atomic E-state index is 14.2. The molecule has 2 aliphatic rings. The molecule has 0 aromatic heterocycles. The van der Waals surface area contributed by atoms with Gasteiger partial charge in [-0.15, -0.1) is 0 Å². The Labute approximate surface area is 162 Å². The number of piperazine rings is 1. The van der Waals surface area contributed by atoms with Crippen molar-refractivity contribution in [2.75, 3.05) is 32.1 Å². The van der Waals surface area contributed by atoms with Gasteiger partial charge in [0.05, 0.1) is 19.7 Å². The summed E-state index contributed by atoms with van der Waals surface area (Å²) in [4.78, 5) is 16.4. The van der Waals surface area contributed by atoms with E-state index in [-0.39, 0.29) is 24.3 Å². The van der Waals surface area contributed by atoms with Gasteiger partial charge in [0.15, 0.2) is 5.11 Å². The molecule has 0 bridgehead atoms. The van der Waals surface area contributed by atoms with Crippen LogP contribution in [-0.2, 0) is 11.2 Å². The summed E-state index contributed by atoms with van der Waals surface area (Å²) >= 11 is 5.54. The summed E-state index contributed by atoms with van der Waals surface area (Å²) in [5, 5.41) is 3.64. The second-order valence-corrected chi connectivity index (χ2v) is 7.09. The number of nitrogens with zero attached hydrogens (tertiary/aromatic N) is 2. The zero-order chi connectivity index (χ0) is 19.0. The number of thiocarbonyl (C=S) groups is 1. The van der Waals surface area contributed by atoms with Crippen LogP contribution in [-0.4, -0.2) is 47.6 Å². The largest absolute Gasteiger partial charge is 0.497 e. The summed E-state index contributed by atoms with van der Waals surface area (Å²) in [5.74, 6) is 0.533. The molecule has 7 heteroatoms. The van der Waals surface area contributed by atoms with Crippen molar-refractivity contribution in [3.05, 3.63) is 59.4 Å². The summed E-state index contributed by atoms with van der Waals surface area (Å²) < 4.78 is 19.4. The smallest absolute Gasteiger partial charge is 0.242 e. The van der Waals surface area contributed by atoms with Gasteiger partial charge in [0, 0.05) is 24.8 Å². The number of benzene rings is 2. The summed E-state index contributed by atoms with van der Waals surface area (Å²) in [6.07, 6.45) is 0.552. The first kappa shape index (κ1) is 17.7. The number of halogens is 1. The van der Waals surface area contributed by atoms with E-state index >= 15 is 0 Å². The fraction of sp³-hybridized carbons (Fsp3) is 0.300. The zero-order valence-corrected chi connectivity index (χ0v) is 15.8. The van der Waals surface area contributed by atoms with E-state index < -0.39 is 0 Å². The zero-order valence-electron chi connectivity index (χ0n) is 14.9. The highest BCUT2D eigenvalue weighted by atomic mass is 32.1. The highest BCUT2D eigenvalue weighted by molar-refractivity contribution is 7.80. The van der Waals surface area contributed by atoms with E-state index in [4.69, 9.17) is 17.0 Å². The third kappa shape index (κ3) is 3.35. The van der Waals surface area contributed by atoms with E-state index in [0.717, 1.165) is 17.0 Å². The van der Waals surface area contributed by atoms with Crippen molar-refractivity contribution in [1.82, 2.24) is 9.80 Å². The maximum Gasteiger partial charge on any atom is 0.242 e. The Morgan fingerprint density at radius 3 is 2.93 bits per heavy atom.